The molecule has 0 unspecified atom stereocenters. The van der Waals surface area contributed by atoms with Crippen LogP contribution in [0.15, 0.2) is 23.4 Å². The molecule has 1 heterocycles. The van der Waals surface area contributed by atoms with Crippen molar-refractivity contribution in [2.45, 2.75) is 30.5 Å². The van der Waals surface area contributed by atoms with Gasteiger partial charge in [-0.3, -0.25) is 0 Å². The fourth-order valence-corrected chi connectivity index (χ4v) is 3.60. The Balaban J connectivity index is 1.94. The minimum atomic E-state index is -4.31. The molecule has 100 valence electrons. The minimum absolute atomic E-state index is 0.262. The van der Waals surface area contributed by atoms with Gasteiger partial charge in [-0.1, -0.05) is 6.42 Å². The van der Waals surface area contributed by atoms with E-state index in [4.69, 9.17) is 0 Å². The average Bonchev–Trinajstić information content (AvgIpc) is 2.28. The van der Waals surface area contributed by atoms with Crippen LogP contribution in [0.3, 0.4) is 0 Å². The second-order valence-corrected chi connectivity index (χ2v) is 6.00. The highest BCUT2D eigenvalue weighted by molar-refractivity contribution is 7.99. The smallest absolute Gasteiger partial charge is 0.249 e. The molecule has 6 heteroatoms. The van der Waals surface area contributed by atoms with Gasteiger partial charge in [0.1, 0.15) is 0 Å². The van der Waals surface area contributed by atoms with Crippen LogP contribution in [-0.2, 0) is 6.18 Å². The van der Waals surface area contributed by atoms with E-state index in [0.29, 0.717) is 5.03 Å². The third-order valence-electron chi connectivity index (χ3n) is 3.34. The number of pyridine rings is 1. The van der Waals surface area contributed by atoms with Crippen molar-refractivity contribution in [3.05, 3.63) is 23.9 Å². The number of hydrogen-bond acceptors (Lipinski definition) is 3. The van der Waals surface area contributed by atoms with Gasteiger partial charge in [-0.05, 0) is 36.1 Å². The number of rotatable bonds is 4. The lowest BCUT2D eigenvalue weighted by atomic mass is 9.72. The molecule has 0 aromatic carbocycles. The maximum absolute atomic E-state index is 12.4. The largest absolute Gasteiger partial charge is 0.417 e. The first-order chi connectivity index (χ1) is 8.45. The zero-order valence-electron chi connectivity index (χ0n) is 9.70. The summed E-state index contributed by atoms with van der Waals surface area (Å²) in [6, 6.07) is 2.53. The molecule has 1 aliphatic carbocycles. The van der Waals surface area contributed by atoms with Crippen LogP contribution in [0.1, 0.15) is 24.8 Å². The summed E-state index contributed by atoms with van der Waals surface area (Å²) >= 11 is 5.87. The number of thioether (sulfide) groups is 1. The van der Waals surface area contributed by atoms with E-state index >= 15 is 0 Å². The Morgan fingerprint density at radius 3 is 2.44 bits per heavy atom. The lowest BCUT2D eigenvalue weighted by molar-refractivity contribution is -0.137. The van der Waals surface area contributed by atoms with E-state index in [9.17, 15) is 13.2 Å². The van der Waals surface area contributed by atoms with E-state index in [-0.39, 0.29) is 5.41 Å². The van der Waals surface area contributed by atoms with Crippen LogP contribution in [0.25, 0.3) is 0 Å². The first-order valence-corrected chi connectivity index (χ1v) is 7.34. The van der Waals surface area contributed by atoms with Gasteiger partial charge in [0.2, 0.25) is 0 Å². The Labute approximate surface area is 114 Å². The second kappa shape index (κ2) is 5.33. The van der Waals surface area contributed by atoms with Crippen molar-refractivity contribution in [3.8, 4) is 0 Å². The predicted molar refractivity (Wildman–Crippen MR) is 70.1 cm³/mol. The van der Waals surface area contributed by atoms with Gasteiger partial charge in [0.25, 0.3) is 0 Å². The number of nitrogens with zero attached hydrogens (tertiary/aromatic N) is 1. The predicted octanol–water partition coefficient (Wildman–Crippen LogP) is 4.29. The van der Waals surface area contributed by atoms with Crippen LogP contribution in [0.5, 0.6) is 0 Å². The molecule has 0 amide bonds. The fraction of sp³-hybridized carbons (Fsp3) is 0.583. The van der Waals surface area contributed by atoms with Crippen LogP contribution in [-0.4, -0.2) is 16.5 Å². The Bertz CT molecular complexity index is 393. The van der Waals surface area contributed by atoms with Gasteiger partial charge >= 0.3 is 6.18 Å². The van der Waals surface area contributed by atoms with Gasteiger partial charge in [-0.25, -0.2) is 4.98 Å². The van der Waals surface area contributed by atoms with E-state index in [1.807, 2.05) is 0 Å². The van der Waals surface area contributed by atoms with Gasteiger partial charge in [-0.15, -0.1) is 11.8 Å². The summed E-state index contributed by atoms with van der Waals surface area (Å²) in [4.78, 5) is 3.86. The van der Waals surface area contributed by atoms with Crippen molar-refractivity contribution in [1.29, 1.82) is 0 Å². The molecule has 1 saturated carbocycles. The third-order valence-corrected chi connectivity index (χ3v) is 5.30. The molecule has 0 atom stereocenters. The van der Waals surface area contributed by atoms with Crippen LogP contribution in [0.4, 0.5) is 13.2 Å². The molecule has 0 aliphatic heterocycles. The number of thiol groups is 1. The van der Waals surface area contributed by atoms with Gasteiger partial charge in [0.05, 0.1) is 10.6 Å². The lowest BCUT2D eigenvalue weighted by Gasteiger charge is -2.40. The maximum Gasteiger partial charge on any atom is 0.417 e. The monoisotopic (exact) mass is 293 g/mol. The standard InChI is InChI=1S/C12H14F3NS2/c13-12(14,15)9-2-3-10(16-6-9)18-8-11(7-17)4-1-5-11/h2-3,6,17H,1,4-5,7-8H2. The van der Waals surface area contributed by atoms with Crippen molar-refractivity contribution in [2.75, 3.05) is 11.5 Å². The van der Waals surface area contributed by atoms with Gasteiger partial charge in [0.15, 0.2) is 0 Å². The lowest BCUT2D eigenvalue weighted by Crippen LogP contribution is -2.33. The van der Waals surface area contributed by atoms with Crippen LogP contribution < -0.4 is 0 Å². The molecule has 1 aromatic heterocycles. The molecular weight excluding hydrogens is 279 g/mol. The molecule has 1 nitrogen and oxygen atoms in total. The molecule has 0 spiro atoms. The quantitative estimate of drug-likeness (QED) is 0.657. The SMILES string of the molecule is FC(F)(F)c1ccc(SCC2(CS)CCC2)nc1. The van der Waals surface area contributed by atoms with Crippen LogP contribution in [0, 0.1) is 5.41 Å². The van der Waals surface area contributed by atoms with E-state index in [2.05, 4.69) is 17.6 Å². The summed E-state index contributed by atoms with van der Waals surface area (Å²) in [5.74, 6) is 1.72. The van der Waals surface area contributed by atoms with E-state index in [1.165, 1.54) is 24.2 Å². The molecule has 1 aliphatic rings. The second-order valence-electron chi connectivity index (χ2n) is 4.68. The molecule has 18 heavy (non-hydrogen) atoms. The molecule has 0 N–H and O–H groups in total. The molecule has 0 radical (unpaired) electrons. The van der Waals surface area contributed by atoms with Gasteiger partial charge in [-0.2, -0.15) is 25.8 Å². The summed E-state index contributed by atoms with van der Waals surface area (Å²) in [6.45, 7) is 0. The van der Waals surface area contributed by atoms with Crippen molar-refractivity contribution in [2.24, 2.45) is 5.41 Å². The minimum Gasteiger partial charge on any atom is -0.249 e. The molecule has 0 bridgehead atoms. The highest BCUT2D eigenvalue weighted by Gasteiger charge is 2.35. The summed E-state index contributed by atoms with van der Waals surface area (Å²) in [6.07, 6.45) is 0.128. The summed E-state index contributed by atoms with van der Waals surface area (Å²) < 4.78 is 37.1. The number of halogens is 3. The highest BCUT2D eigenvalue weighted by atomic mass is 32.2. The zero-order valence-corrected chi connectivity index (χ0v) is 11.4. The van der Waals surface area contributed by atoms with E-state index < -0.39 is 11.7 Å². The molecule has 0 saturated heterocycles. The third kappa shape index (κ3) is 3.15. The highest BCUT2D eigenvalue weighted by Crippen LogP contribution is 2.45. The Kier molecular flexibility index (Phi) is 4.16. The molecule has 1 aromatic rings. The number of alkyl halides is 3. The molecule has 1 fully saturated rings. The van der Waals surface area contributed by atoms with E-state index in [0.717, 1.165) is 36.6 Å². The zero-order chi connectivity index (χ0) is 13.2. The van der Waals surface area contributed by atoms with Gasteiger partial charge in [0, 0.05) is 11.9 Å². The van der Waals surface area contributed by atoms with Crippen molar-refractivity contribution < 1.29 is 13.2 Å². The average molecular weight is 293 g/mol. The topological polar surface area (TPSA) is 12.9 Å². The van der Waals surface area contributed by atoms with Crippen molar-refractivity contribution in [3.63, 3.8) is 0 Å². The molecular formula is C12H14F3NS2. The first-order valence-electron chi connectivity index (χ1n) is 5.72. The fourth-order valence-electron chi connectivity index (χ4n) is 1.89. The van der Waals surface area contributed by atoms with Gasteiger partial charge < -0.3 is 0 Å². The molecule has 2 rings (SSSR count). The Hall–Kier alpha value is -0.360. The maximum atomic E-state index is 12.4. The normalized spacial score (nSPS) is 18.4. The summed E-state index contributed by atoms with van der Waals surface area (Å²) in [7, 11) is 0. The summed E-state index contributed by atoms with van der Waals surface area (Å²) in [5, 5.41) is 0.649. The number of aromatic nitrogens is 1. The Morgan fingerprint density at radius 2 is 2.06 bits per heavy atom. The van der Waals surface area contributed by atoms with Crippen molar-refractivity contribution >= 4 is 24.4 Å². The number of hydrogen-bond donors (Lipinski definition) is 1. The van der Waals surface area contributed by atoms with Crippen molar-refractivity contribution in [1.82, 2.24) is 4.98 Å². The van der Waals surface area contributed by atoms with Crippen LogP contribution in [0.2, 0.25) is 0 Å². The van der Waals surface area contributed by atoms with E-state index in [1.54, 1.807) is 0 Å². The Morgan fingerprint density at radius 1 is 1.33 bits per heavy atom. The van der Waals surface area contributed by atoms with Crippen LogP contribution >= 0.6 is 24.4 Å². The summed E-state index contributed by atoms with van der Waals surface area (Å²) in [5.41, 5.74) is -0.433. The first kappa shape index (κ1) is 14.1.